The van der Waals surface area contributed by atoms with Crippen LogP contribution in [0.3, 0.4) is 0 Å². The quantitative estimate of drug-likeness (QED) is 0.538. The van der Waals surface area contributed by atoms with Crippen LogP contribution in [0, 0.1) is 28.1 Å². The van der Waals surface area contributed by atoms with Gasteiger partial charge in [-0.15, -0.1) is 0 Å². The van der Waals surface area contributed by atoms with Crippen molar-refractivity contribution in [2.45, 2.75) is 25.8 Å². The summed E-state index contributed by atoms with van der Waals surface area (Å²) >= 11 is 0. The summed E-state index contributed by atoms with van der Waals surface area (Å²) in [6, 6.07) is 4.61. The molecular weight excluding hydrogens is 150 g/mol. The lowest BCUT2D eigenvalue weighted by Crippen LogP contribution is -2.42. The Kier molecular flexibility index (Phi) is 2.35. The number of nitriles is 2. The zero-order valence-electron chi connectivity index (χ0n) is 7.54. The van der Waals surface area contributed by atoms with Gasteiger partial charge in [-0.05, 0) is 26.8 Å². The molecule has 1 atom stereocenters. The maximum Gasteiger partial charge on any atom is 0.146 e. The van der Waals surface area contributed by atoms with Gasteiger partial charge in [0.25, 0.3) is 0 Å². The molecule has 3 nitrogen and oxygen atoms in total. The van der Waals surface area contributed by atoms with Crippen molar-refractivity contribution in [1.82, 2.24) is 4.90 Å². The van der Waals surface area contributed by atoms with Gasteiger partial charge in [-0.25, -0.2) is 0 Å². The van der Waals surface area contributed by atoms with Gasteiger partial charge in [0.15, 0.2) is 0 Å². The van der Waals surface area contributed by atoms with Crippen LogP contribution in [0.2, 0.25) is 0 Å². The fourth-order valence-electron chi connectivity index (χ4n) is 1.58. The van der Waals surface area contributed by atoms with Gasteiger partial charge >= 0.3 is 0 Å². The predicted octanol–water partition coefficient (Wildman–Crippen LogP) is 1.13. The van der Waals surface area contributed by atoms with Crippen molar-refractivity contribution in [2.24, 2.45) is 5.41 Å². The zero-order chi connectivity index (χ0) is 9.19. The molecule has 0 amide bonds. The van der Waals surface area contributed by atoms with Crippen LogP contribution in [0.25, 0.3) is 0 Å². The predicted molar refractivity (Wildman–Crippen MR) is 45.0 cm³/mol. The molecule has 0 N–H and O–H groups in total. The van der Waals surface area contributed by atoms with Gasteiger partial charge in [0, 0.05) is 12.6 Å². The Balaban J connectivity index is 2.75. The van der Waals surface area contributed by atoms with Crippen LogP contribution in [0.15, 0.2) is 0 Å². The molecule has 3 heteroatoms. The first kappa shape index (κ1) is 9.03. The third-order valence-electron chi connectivity index (χ3n) is 2.72. The van der Waals surface area contributed by atoms with E-state index >= 15 is 0 Å². The number of hydrogen-bond donors (Lipinski definition) is 0. The van der Waals surface area contributed by atoms with Gasteiger partial charge in [0.2, 0.25) is 0 Å². The number of rotatable bonds is 0. The molecule has 1 aliphatic heterocycles. The second-order valence-electron chi connectivity index (χ2n) is 3.59. The second-order valence-corrected chi connectivity index (χ2v) is 3.59. The van der Waals surface area contributed by atoms with E-state index in [4.69, 9.17) is 10.5 Å². The molecular formula is C9H13N3. The van der Waals surface area contributed by atoms with Crippen molar-refractivity contribution < 1.29 is 0 Å². The highest BCUT2D eigenvalue weighted by Crippen LogP contribution is 2.32. The minimum absolute atomic E-state index is 0.345. The van der Waals surface area contributed by atoms with E-state index in [1.165, 1.54) is 0 Å². The monoisotopic (exact) mass is 163 g/mol. The molecule has 0 aromatic carbocycles. The summed E-state index contributed by atoms with van der Waals surface area (Å²) in [5.74, 6) is 0. The zero-order valence-corrected chi connectivity index (χ0v) is 7.54. The van der Waals surface area contributed by atoms with Gasteiger partial charge in [0.05, 0.1) is 12.1 Å². The lowest BCUT2D eigenvalue weighted by Gasteiger charge is -2.36. The molecule has 0 aromatic rings. The Morgan fingerprint density at radius 2 is 2.00 bits per heavy atom. The molecule has 0 aliphatic carbocycles. The molecule has 1 unspecified atom stereocenters. The molecule has 0 radical (unpaired) electrons. The fraction of sp³-hybridized carbons (Fsp3) is 0.778. The van der Waals surface area contributed by atoms with Crippen molar-refractivity contribution >= 4 is 0 Å². The van der Waals surface area contributed by atoms with Crippen LogP contribution in [0.4, 0.5) is 0 Å². The van der Waals surface area contributed by atoms with E-state index in [1.807, 2.05) is 7.05 Å². The average Bonchev–Trinajstić information content (AvgIpc) is 2.10. The lowest BCUT2D eigenvalue weighted by molar-refractivity contribution is 0.146. The highest BCUT2D eigenvalue weighted by Gasteiger charge is 2.37. The SMILES string of the molecule is CC1CC(C#N)(C#N)CCN1C. The summed E-state index contributed by atoms with van der Waals surface area (Å²) in [6.07, 6.45) is 1.36. The number of piperidine rings is 1. The van der Waals surface area contributed by atoms with Gasteiger partial charge < -0.3 is 4.90 Å². The Morgan fingerprint density at radius 1 is 1.42 bits per heavy atom. The molecule has 0 spiro atoms. The minimum Gasteiger partial charge on any atom is -0.304 e. The maximum atomic E-state index is 8.85. The molecule has 0 bridgehead atoms. The molecule has 64 valence electrons. The summed E-state index contributed by atoms with van der Waals surface area (Å²) in [5, 5.41) is 17.7. The number of likely N-dealkylation sites (tertiary alicyclic amines) is 1. The highest BCUT2D eigenvalue weighted by molar-refractivity contribution is 5.16. The average molecular weight is 163 g/mol. The minimum atomic E-state index is -0.716. The molecule has 1 aliphatic rings. The number of hydrogen-bond acceptors (Lipinski definition) is 3. The van der Waals surface area contributed by atoms with Crippen molar-refractivity contribution in [1.29, 1.82) is 10.5 Å². The van der Waals surface area contributed by atoms with E-state index in [9.17, 15) is 0 Å². The molecule has 0 aromatic heterocycles. The summed E-state index contributed by atoms with van der Waals surface area (Å²) in [7, 11) is 2.03. The van der Waals surface area contributed by atoms with E-state index in [0.29, 0.717) is 18.9 Å². The molecule has 1 saturated heterocycles. The lowest BCUT2D eigenvalue weighted by atomic mass is 9.78. The summed E-state index contributed by atoms with van der Waals surface area (Å²) in [4.78, 5) is 2.19. The van der Waals surface area contributed by atoms with Crippen LogP contribution in [-0.2, 0) is 0 Å². The van der Waals surface area contributed by atoms with Crippen molar-refractivity contribution in [3.63, 3.8) is 0 Å². The van der Waals surface area contributed by atoms with Gasteiger partial charge in [-0.1, -0.05) is 0 Å². The first-order chi connectivity index (χ1) is 5.63. The molecule has 1 heterocycles. The maximum absolute atomic E-state index is 8.85. The highest BCUT2D eigenvalue weighted by atomic mass is 15.1. The summed E-state index contributed by atoms with van der Waals surface area (Å²) in [5.41, 5.74) is -0.716. The standard InChI is InChI=1S/C9H13N3/c1-8-5-9(6-10,7-11)3-4-12(8)2/h8H,3-5H2,1-2H3. The first-order valence-corrected chi connectivity index (χ1v) is 4.16. The van der Waals surface area contributed by atoms with E-state index in [-0.39, 0.29) is 0 Å². The van der Waals surface area contributed by atoms with Crippen molar-refractivity contribution in [3.8, 4) is 12.1 Å². The van der Waals surface area contributed by atoms with Crippen LogP contribution in [0.1, 0.15) is 19.8 Å². The Hall–Kier alpha value is -1.06. The molecule has 1 fully saturated rings. The van der Waals surface area contributed by atoms with E-state index in [0.717, 1.165) is 6.54 Å². The second kappa shape index (κ2) is 3.13. The van der Waals surface area contributed by atoms with Crippen LogP contribution >= 0.6 is 0 Å². The third-order valence-corrected chi connectivity index (χ3v) is 2.72. The van der Waals surface area contributed by atoms with Crippen LogP contribution in [-0.4, -0.2) is 24.5 Å². The molecule has 1 rings (SSSR count). The smallest absolute Gasteiger partial charge is 0.146 e. The Bertz CT molecular complexity index is 231. The van der Waals surface area contributed by atoms with Crippen LogP contribution < -0.4 is 0 Å². The van der Waals surface area contributed by atoms with E-state index in [1.54, 1.807) is 0 Å². The molecule has 12 heavy (non-hydrogen) atoms. The summed E-state index contributed by atoms with van der Waals surface area (Å²) < 4.78 is 0. The first-order valence-electron chi connectivity index (χ1n) is 4.16. The van der Waals surface area contributed by atoms with Gasteiger partial charge in [-0.3, -0.25) is 0 Å². The largest absolute Gasteiger partial charge is 0.304 e. The van der Waals surface area contributed by atoms with E-state index < -0.39 is 5.41 Å². The van der Waals surface area contributed by atoms with Crippen molar-refractivity contribution in [2.75, 3.05) is 13.6 Å². The Labute approximate surface area is 73.2 Å². The van der Waals surface area contributed by atoms with E-state index in [2.05, 4.69) is 24.0 Å². The topological polar surface area (TPSA) is 50.8 Å². The third kappa shape index (κ3) is 1.42. The van der Waals surface area contributed by atoms with Crippen molar-refractivity contribution in [3.05, 3.63) is 0 Å². The Morgan fingerprint density at radius 3 is 2.42 bits per heavy atom. The summed E-state index contributed by atoms with van der Waals surface area (Å²) in [6.45, 7) is 2.91. The molecule has 0 saturated carbocycles. The number of nitrogens with zero attached hydrogens (tertiary/aromatic N) is 3. The fourth-order valence-corrected chi connectivity index (χ4v) is 1.58. The van der Waals surface area contributed by atoms with Gasteiger partial charge in [-0.2, -0.15) is 10.5 Å². The normalized spacial score (nSPS) is 28.8. The van der Waals surface area contributed by atoms with Crippen LogP contribution in [0.5, 0.6) is 0 Å². The van der Waals surface area contributed by atoms with Gasteiger partial charge in [0.1, 0.15) is 5.41 Å².